The molecule has 0 saturated carbocycles. The molecule has 22 heteroatoms. The molecule has 22 nitrogen and oxygen atoms in total. The van der Waals surface area contributed by atoms with E-state index in [1.807, 2.05) is 175 Å². The van der Waals surface area contributed by atoms with E-state index in [0.29, 0.717) is 128 Å². The molecule has 9 heterocycles. The monoisotopic (exact) mass is 1500 g/mol. The van der Waals surface area contributed by atoms with Crippen LogP contribution in [-0.2, 0) is 48.5 Å². The molecule has 7 aromatic carbocycles. The number of hydrogen-bond acceptors (Lipinski definition) is 16. The van der Waals surface area contributed by atoms with Crippen molar-refractivity contribution in [3.63, 3.8) is 0 Å². The molecule has 0 atom stereocenters. The number of hydrogen-bond donors (Lipinski definition) is 4. The van der Waals surface area contributed by atoms with Crippen molar-refractivity contribution in [1.29, 1.82) is 0 Å². The van der Waals surface area contributed by atoms with Crippen molar-refractivity contribution in [3.8, 4) is 67.5 Å². The fourth-order valence-corrected chi connectivity index (χ4v) is 13.9. The normalized spacial score (nSPS) is 14.0. The minimum absolute atomic E-state index is 0.0270. The first-order valence-corrected chi connectivity index (χ1v) is 38.0. The summed E-state index contributed by atoms with van der Waals surface area (Å²) in [7, 11) is 0. The van der Waals surface area contributed by atoms with E-state index in [4.69, 9.17) is 24.7 Å². The molecular weight excluding hydrogens is 1410 g/mol. The van der Waals surface area contributed by atoms with E-state index in [2.05, 4.69) is 114 Å². The topological polar surface area (TPSA) is 283 Å². The number of nitrogens with zero attached hydrogens (tertiary/aromatic N) is 9. The van der Waals surface area contributed by atoms with Crippen molar-refractivity contribution in [3.05, 3.63) is 252 Å². The van der Waals surface area contributed by atoms with Crippen molar-refractivity contribution in [2.24, 2.45) is 5.73 Å². The number of carbonyl (C=O) groups is 5. The molecule has 0 unspecified atom stereocenters. The highest BCUT2D eigenvalue weighted by molar-refractivity contribution is 6.00. The third-order valence-corrected chi connectivity index (χ3v) is 20.2. The second kappa shape index (κ2) is 34.4. The summed E-state index contributed by atoms with van der Waals surface area (Å²) in [6.45, 7) is 19.9. The van der Waals surface area contributed by atoms with Crippen LogP contribution in [0.25, 0.3) is 101 Å². The van der Waals surface area contributed by atoms with Crippen LogP contribution in [0, 0.1) is 0 Å². The third-order valence-electron chi connectivity index (χ3n) is 20.2. The number of ketones is 1. The van der Waals surface area contributed by atoms with Gasteiger partial charge in [-0.05, 0) is 133 Å². The zero-order chi connectivity index (χ0) is 77.9. The standard InChI is InChI=1S/C36H36N4O3.C30H32N4O4.C24H23N5O2/c1-36(2,3)29-15-13-26(14-16-29)32(41)17-6-24-4-7-27(8-5-24)33-30-22-31(39-34(30)38-23-37-33)25-9-11-28(12-10-25)35(42)40-18-20-43-21-19-40;1-30(2,3)38-26(35)13-6-20-4-7-22(8-5-20)27-24-18-25(33-28(24)32-19-31-27)21-9-11-23(12-10-21)29(36)34-14-16-37-17-15-34;25-14-16-1-3-18(4-2-16)22-20-13-21(28-23(20)27-15-26-22)17-5-7-19(8-6-17)24(30)29-9-11-31-12-10-29/h4-5,7-16,22-23H,6,17-21H2,1-3H3,(H,37,38,39);4-5,7-12,18-19H,6,13-17H2,1-3H3,(H,31,32,33);1-8,13,15H,9-12,14,25H2,(H,26,27,28). The lowest BCUT2D eigenvalue weighted by atomic mass is 9.86. The number of carbonyl (C=O) groups excluding carboxylic acids is 5. The van der Waals surface area contributed by atoms with Gasteiger partial charge in [0.05, 0.1) is 56.7 Å². The van der Waals surface area contributed by atoms with Gasteiger partial charge in [0.1, 0.15) is 41.5 Å². The third kappa shape index (κ3) is 18.5. The lowest BCUT2D eigenvalue weighted by Gasteiger charge is -2.26. The summed E-state index contributed by atoms with van der Waals surface area (Å²) in [5, 5.41) is 2.79. The molecule has 570 valence electrons. The Kier molecular flexibility index (Phi) is 23.5. The molecule has 112 heavy (non-hydrogen) atoms. The zero-order valence-electron chi connectivity index (χ0n) is 63.9. The number of amides is 3. The number of morpholine rings is 3. The lowest BCUT2D eigenvalue weighted by molar-refractivity contribution is -0.154. The second-order valence-electron chi connectivity index (χ2n) is 30.1. The minimum atomic E-state index is -0.475. The van der Waals surface area contributed by atoms with E-state index >= 15 is 0 Å². The number of aromatic amines is 3. The molecule has 3 fully saturated rings. The molecular formula is C90H91N13O9. The number of fused-ring (bicyclic) bond motifs is 3. The maximum atomic E-state index is 12.8. The number of rotatable bonds is 17. The van der Waals surface area contributed by atoms with Crippen LogP contribution in [0.4, 0.5) is 0 Å². The molecule has 3 aliphatic heterocycles. The molecule has 0 bridgehead atoms. The van der Waals surface area contributed by atoms with Crippen LogP contribution in [0.2, 0.25) is 0 Å². The van der Waals surface area contributed by atoms with Crippen LogP contribution in [0.1, 0.15) is 118 Å². The van der Waals surface area contributed by atoms with Gasteiger partial charge in [-0.2, -0.15) is 0 Å². The minimum Gasteiger partial charge on any atom is -0.460 e. The van der Waals surface area contributed by atoms with Crippen molar-refractivity contribution in [2.45, 2.75) is 84.8 Å². The fraction of sp³-hybridized carbons (Fsp3) is 0.278. The summed E-state index contributed by atoms with van der Waals surface area (Å²) in [4.78, 5) is 106. The van der Waals surface area contributed by atoms with Crippen LogP contribution in [0.15, 0.2) is 207 Å². The van der Waals surface area contributed by atoms with Gasteiger partial charge in [-0.1, -0.05) is 154 Å². The Morgan fingerprint density at radius 2 is 0.688 bits per heavy atom. The number of nitrogens with two attached hydrogens (primary N) is 1. The number of nitrogens with one attached hydrogen (secondary N) is 3. The van der Waals surface area contributed by atoms with Gasteiger partial charge in [-0.15, -0.1) is 0 Å². The Morgan fingerprint density at radius 3 is 1.00 bits per heavy atom. The number of esters is 1. The second-order valence-corrected chi connectivity index (χ2v) is 30.1. The van der Waals surface area contributed by atoms with E-state index in [1.54, 1.807) is 19.0 Å². The predicted octanol–water partition coefficient (Wildman–Crippen LogP) is 15.1. The van der Waals surface area contributed by atoms with Crippen LogP contribution in [-0.4, -0.2) is 174 Å². The van der Waals surface area contributed by atoms with Crippen molar-refractivity contribution < 1.29 is 42.9 Å². The summed E-state index contributed by atoms with van der Waals surface area (Å²) in [5.74, 6) is 0.0554. The highest BCUT2D eigenvalue weighted by Crippen LogP contribution is 2.35. The number of H-pyrrole nitrogens is 3. The molecule has 3 aliphatic rings. The molecule has 16 rings (SSSR count). The Labute approximate surface area is 650 Å². The SMILES string of the molecule is CC(C)(C)OC(=O)CCc1ccc(-c2ncnc3[nH]c(-c4ccc(C(=O)N5CCOCC5)cc4)cc23)cc1.CC(C)(C)c1ccc(C(=O)CCc2ccc(-c3ncnc4[nH]c(-c5ccc(C(=O)N6CCOCC6)cc5)cc34)cc2)cc1.NCc1ccc(-c2ncnc3[nH]c(-c4ccc(C(=O)N5CCOCC5)cc4)cc23)cc1. The highest BCUT2D eigenvalue weighted by atomic mass is 16.6. The lowest BCUT2D eigenvalue weighted by Crippen LogP contribution is -2.40. The van der Waals surface area contributed by atoms with Gasteiger partial charge < -0.3 is 54.3 Å². The first-order chi connectivity index (χ1) is 54.2. The Hall–Kier alpha value is -12.2. The quantitative estimate of drug-likeness (QED) is 0.0487. The summed E-state index contributed by atoms with van der Waals surface area (Å²) >= 11 is 0. The first-order valence-electron chi connectivity index (χ1n) is 38.0. The van der Waals surface area contributed by atoms with Crippen molar-refractivity contribution in [2.75, 3.05) is 78.9 Å². The van der Waals surface area contributed by atoms with Gasteiger partial charge in [-0.25, -0.2) is 29.9 Å². The molecule has 3 amide bonds. The maximum absolute atomic E-state index is 12.8. The summed E-state index contributed by atoms with van der Waals surface area (Å²) < 4.78 is 21.4. The highest BCUT2D eigenvalue weighted by Gasteiger charge is 2.25. The number of aryl methyl sites for hydroxylation is 2. The van der Waals surface area contributed by atoms with E-state index < -0.39 is 5.60 Å². The van der Waals surface area contributed by atoms with E-state index in [1.165, 1.54) is 5.56 Å². The Balaban J connectivity index is 0.000000141. The van der Waals surface area contributed by atoms with E-state index in [9.17, 15) is 24.0 Å². The smallest absolute Gasteiger partial charge is 0.306 e. The van der Waals surface area contributed by atoms with Crippen LogP contribution in [0.5, 0.6) is 0 Å². The Bertz CT molecular complexity index is 5460. The van der Waals surface area contributed by atoms with Crippen molar-refractivity contribution in [1.82, 2.24) is 59.6 Å². The first kappa shape index (κ1) is 76.6. The molecule has 0 aliphatic carbocycles. The molecule has 13 aromatic rings. The van der Waals surface area contributed by atoms with E-state index in [0.717, 1.165) is 123 Å². The molecule has 0 spiro atoms. The van der Waals surface area contributed by atoms with Gasteiger partial charge in [0.15, 0.2) is 5.78 Å². The van der Waals surface area contributed by atoms with Crippen LogP contribution in [0.3, 0.4) is 0 Å². The maximum Gasteiger partial charge on any atom is 0.306 e. The summed E-state index contributed by atoms with van der Waals surface area (Å²) in [5.41, 5.74) is 26.0. The van der Waals surface area contributed by atoms with Gasteiger partial charge in [0.2, 0.25) is 0 Å². The number of ether oxygens (including phenoxy) is 4. The Morgan fingerprint density at radius 1 is 0.384 bits per heavy atom. The number of Topliss-reactive ketones (excluding diaryl/α,β-unsaturated/α-hetero) is 1. The molecule has 3 saturated heterocycles. The number of aromatic nitrogens is 9. The molecule has 6 aromatic heterocycles. The van der Waals surface area contributed by atoms with Gasteiger partial charge >= 0.3 is 5.97 Å². The molecule has 5 N–H and O–H groups in total. The summed E-state index contributed by atoms with van der Waals surface area (Å²) in [6.07, 6.45) is 6.79. The zero-order valence-corrected chi connectivity index (χ0v) is 63.9. The predicted molar refractivity (Wildman–Crippen MR) is 434 cm³/mol. The van der Waals surface area contributed by atoms with Crippen LogP contribution >= 0.6 is 0 Å². The fourth-order valence-electron chi connectivity index (χ4n) is 13.9. The van der Waals surface area contributed by atoms with Crippen molar-refractivity contribution >= 4 is 62.6 Å². The van der Waals surface area contributed by atoms with Gasteiger partial charge in [0, 0.05) is 131 Å². The van der Waals surface area contributed by atoms with Gasteiger partial charge in [-0.3, -0.25) is 24.0 Å². The average molecular weight is 1500 g/mol. The van der Waals surface area contributed by atoms with Crippen LogP contribution < -0.4 is 5.73 Å². The average Bonchev–Trinajstić information content (AvgIpc) is 0.914. The largest absolute Gasteiger partial charge is 0.460 e. The number of benzene rings is 7. The summed E-state index contributed by atoms with van der Waals surface area (Å²) in [6, 6.07) is 61.5. The molecule has 0 radical (unpaired) electrons. The van der Waals surface area contributed by atoms with Gasteiger partial charge in [0.25, 0.3) is 17.7 Å². The van der Waals surface area contributed by atoms with E-state index in [-0.39, 0.29) is 34.9 Å².